The molecule has 0 aliphatic heterocycles. The van der Waals surface area contributed by atoms with Crippen LogP contribution in [0.2, 0.25) is 0 Å². The fourth-order valence-electron chi connectivity index (χ4n) is 3.53. The van der Waals surface area contributed by atoms with Crippen molar-refractivity contribution in [2.45, 2.75) is 33.7 Å². The average Bonchev–Trinajstić information content (AvgIpc) is 3.18. The third-order valence-corrected chi connectivity index (χ3v) is 4.91. The minimum atomic E-state index is -0.574. The summed E-state index contributed by atoms with van der Waals surface area (Å²) < 4.78 is 6.85. The van der Waals surface area contributed by atoms with Gasteiger partial charge in [-0.05, 0) is 31.5 Å². The molecule has 3 aromatic rings. The Morgan fingerprint density at radius 1 is 1.21 bits per heavy atom. The second-order valence-corrected chi connectivity index (χ2v) is 6.85. The summed E-state index contributed by atoms with van der Waals surface area (Å²) in [5.74, 6) is -0.163. The third kappa shape index (κ3) is 4.06. The number of Topliss-reactive ketones (excluding diaryl/α,β-unsaturated/α-hetero) is 1. The highest BCUT2D eigenvalue weighted by Gasteiger charge is 2.24. The summed E-state index contributed by atoms with van der Waals surface area (Å²) in [5.41, 5.74) is 3.35. The molecule has 8 heteroatoms. The van der Waals surface area contributed by atoms with Gasteiger partial charge in [-0.1, -0.05) is 12.1 Å². The number of ketones is 1. The number of hydrogen-bond donors (Lipinski definition) is 2. The number of H-pyrrole nitrogens is 1. The lowest BCUT2D eigenvalue weighted by Gasteiger charge is -2.09. The van der Waals surface area contributed by atoms with Crippen molar-refractivity contribution in [1.82, 2.24) is 19.9 Å². The lowest BCUT2D eigenvalue weighted by molar-refractivity contribution is -0.120. The molecule has 8 nitrogen and oxygen atoms in total. The number of aryl methyl sites for hydroxylation is 1. The van der Waals surface area contributed by atoms with Crippen LogP contribution in [-0.4, -0.2) is 45.8 Å². The molecule has 152 valence electrons. The van der Waals surface area contributed by atoms with Crippen LogP contribution in [0.5, 0.6) is 0 Å². The molecule has 0 aliphatic rings. The van der Waals surface area contributed by atoms with E-state index in [4.69, 9.17) is 4.74 Å². The number of amides is 1. The number of fused-ring (bicyclic) bond motifs is 1. The Balaban J connectivity index is 1.69. The Morgan fingerprint density at radius 2 is 1.93 bits per heavy atom. The monoisotopic (exact) mass is 396 g/mol. The van der Waals surface area contributed by atoms with Gasteiger partial charge in [-0.25, -0.2) is 9.78 Å². The zero-order chi connectivity index (χ0) is 21.1. The zero-order valence-corrected chi connectivity index (χ0v) is 17.0. The molecular weight excluding hydrogens is 372 g/mol. The van der Waals surface area contributed by atoms with E-state index in [0.717, 1.165) is 16.9 Å². The quantitative estimate of drug-likeness (QED) is 0.471. The van der Waals surface area contributed by atoms with Crippen LogP contribution in [0, 0.1) is 13.8 Å². The molecule has 0 radical (unpaired) electrons. The number of hydrogen-bond acceptors (Lipinski definition) is 5. The van der Waals surface area contributed by atoms with Crippen LogP contribution in [-0.2, 0) is 22.5 Å². The van der Waals surface area contributed by atoms with Gasteiger partial charge >= 0.3 is 5.97 Å². The molecular formula is C21H24N4O4. The van der Waals surface area contributed by atoms with E-state index in [2.05, 4.69) is 15.3 Å². The standard InChI is InChI=1S/C21H24N4O4/c1-12-19(21(28)29-4)16(24-20(12)13(2)26)11-18(27)22-9-10-25-14(3)23-15-7-5-6-8-17(15)25/h5-8,24H,9-11H2,1-4H3,(H,22,27). The largest absolute Gasteiger partial charge is 0.465 e. The molecule has 0 atom stereocenters. The summed E-state index contributed by atoms with van der Waals surface area (Å²) in [7, 11) is 1.27. The number of rotatable bonds is 7. The zero-order valence-electron chi connectivity index (χ0n) is 17.0. The molecule has 0 spiro atoms. The lowest BCUT2D eigenvalue weighted by Crippen LogP contribution is -2.29. The highest BCUT2D eigenvalue weighted by atomic mass is 16.5. The number of methoxy groups -OCH3 is 1. The van der Waals surface area contributed by atoms with Crippen molar-refractivity contribution >= 4 is 28.7 Å². The Hall–Kier alpha value is -3.42. The molecule has 2 aromatic heterocycles. The van der Waals surface area contributed by atoms with E-state index in [0.29, 0.717) is 30.0 Å². The predicted octanol–water partition coefficient (Wildman–Crippen LogP) is 2.33. The summed E-state index contributed by atoms with van der Waals surface area (Å²) in [6.07, 6.45) is -0.0534. The minimum Gasteiger partial charge on any atom is -0.465 e. The van der Waals surface area contributed by atoms with Gasteiger partial charge in [0.05, 0.1) is 35.8 Å². The van der Waals surface area contributed by atoms with Gasteiger partial charge in [0.1, 0.15) is 5.82 Å². The Morgan fingerprint density at radius 3 is 2.62 bits per heavy atom. The SMILES string of the molecule is COC(=O)c1c(CC(=O)NCCn2c(C)nc3ccccc32)[nH]c(C(C)=O)c1C. The molecule has 29 heavy (non-hydrogen) atoms. The summed E-state index contributed by atoms with van der Waals surface area (Å²) in [6, 6.07) is 7.83. The Labute approximate surface area is 168 Å². The number of para-hydroxylation sites is 2. The molecule has 1 amide bonds. The second kappa shape index (κ2) is 8.30. The van der Waals surface area contributed by atoms with Crippen LogP contribution < -0.4 is 5.32 Å². The maximum absolute atomic E-state index is 12.4. The van der Waals surface area contributed by atoms with Crippen molar-refractivity contribution < 1.29 is 19.1 Å². The van der Waals surface area contributed by atoms with Crippen molar-refractivity contribution in [2.24, 2.45) is 0 Å². The van der Waals surface area contributed by atoms with Crippen LogP contribution in [0.15, 0.2) is 24.3 Å². The topological polar surface area (TPSA) is 106 Å². The predicted molar refractivity (Wildman–Crippen MR) is 108 cm³/mol. The first-order valence-corrected chi connectivity index (χ1v) is 9.32. The maximum Gasteiger partial charge on any atom is 0.339 e. The van der Waals surface area contributed by atoms with E-state index in [1.54, 1.807) is 6.92 Å². The number of carbonyl (C=O) groups is 3. The van der Waals surface area contributed by atoms with Crippen LogP contribution in [0.25, 0.3) is 11.0 Å². The molecule has 0 saturated carbocycles. The van der Waals surface area contributed by atoms with Gasteiger partial charge in [0.2, 0.25) is 5.91 Å². The van der Waals surface area contributed by atoms with Crippen LogP contribution in [0.3, 0.4) is 0 Å². The molecule has 0 fully saturated rings. The van der Waals surface area contributed by atoms with Crippen molar-refractivity contribution in [1.29, 1.82) is 0 Å². The van der Waals surface area contributed by atoms with Gasteiger partial charge in [0.15, 0.2) is 5.78 Å². The molecule has 3 rings (SSSR count). The van der Waals surface area contributed by atoms with Gasteiger partial charge in [0, 0.05) is 25.7 Å². The normalized spacial score (nSPS) is 10.9. The highest BCUT2D eigenvalue weighted by molar-refractivity contribution is 6.01. The number of aromatic nitrogens is 3. The van der Waals surface area contributed by atoms with Crippen molar-refractivity contribution in [2.75, 3.05) is 13.7 Å². The fraction of sp³-hybridized carbons (Fsp3) is 0.333. The number of nitrogens with zero attached hydrogens (tertiary/aromatic N) is 2. The third-order valence-electron chi connectivity index (χ3n) is 4.91. The number of carbonyl (C=O) groups excluding carboxylic acids is 3. The van der Waals surface area contributed by atoms with Gasteiger partial charge < -0.3 is 19.6 Å². The number of nitrogens with one attached hydrogen (secondary N) is 2. The van der Waals surface area contributed by atoms with Crippen LogP contribution in [0.1, 0.15) is 44.9 Å². The molecule has 2 heterocycles. The van der Waals surface area contributed by atoms with Crippen LogP contribution >= 0.6 is 0 Å². The maximum atomic E-state index is 12.4. The molecule has 1 aromatic carbocycles. The first-order valence-electron chi connectivity index (χ1n) is 9.32. The van der Waals surface area contributed by atoms with Gasteiger partial charge in [0.25, 0.3) is 0 Å². The Kier molecular flexibility index (Phi) is 5.81. The van der Waals surface area contributed by atoms with E-state index < -0.39 is 5.97 Å². The number of esters is 1. The second-order valence-electron chi connectivity index (χ2n) is 6.85. The molecule has 0 unspecified atom stereocenters. The van der Waals surface area contributed by atoms with E-state index in [1.807, 2.05) is 35.8 Å². The van der Waals surface area contributed by atoms with E-state index >= 15 is 0 Å². The van der Waals surface area contributed by atoms with Gasteiger partial charge in [-0.2, -0.15) is 0 Å². The number of aromatic amines is 1. The highest BCUT2D eigenvalue weighted by Crippen LogP contribution is 2.21. The minimum absolute atomic E-state index is 0.0534. The molecule has 2 N–H and O–H groups in total. The van der Waals surface area contributed by atoms with Gasteiger partial charge in [-0.15, -0.1) is 0 Å². The number of imidazole rings is 1. The number of benzene rings is 1. The van der Waals surface area contributed by atoms with Crippen molar-refractivity contribution in [3.8, 4) is 0 Å². The summed E-state index contributed by atoms with van der Waals surface area (Å²) in [5, 5.41) is 2.86. The van der Waals surface area contributed by atoms with Crippen molar-refractivity contribution in [3.63, 3.8) is 0 Å². The molecule has 0 bridgehead atoms. The average molecular weight is 396 g/mol. The first-order chi connectivity index (χ1) is 13.8. The summed E-state index contributed by atoms with van der Waals surface area (Å²) in [6.45, 7) is 5.97. The number of ether oxygens (including phenoxy) is 1. The van der Waals surface area contributed by atoms with E-state index in [9.17, 15) is 14.4 Å². The van der Waals surface area contributed by atoms with E-state index in [1.165, 1.54) is 14.0 Å². The van der Waals surface area contributed by atoms with E-state index in [-0.39, 0.29) is 23.7 Å². The lowest BCUT2D eigenvalue weighted by atomic mass is 10.1. The summed E-state index contributed by atoms with van der Waals surface area (Å²) in [4.78, 5) is 43.8. The van der Waals surface area contributed by atoms with Crippen molar-refractivity contribution in [3.05, 3.63) is 52.6 Å². The fourth-order valence-corrected chi connectivity index (χ4v) is 3.53. The molecule has 0 aliphatic carbocycles. The first kappa shape index (κ1) is 20.3. The Bertz CT molecular complexity index is 1090. The summed E-state index contributed by atoms with van der Waals surface area (Å²) >= 11 is 0. The molecule has 0 saturated heterocycles. The van der Waals surface area contributed by atoms with Gasteiger partial charge in [-0.3, -0.25) is 9.59 Å². The van der Waals surface area contributed by atoms with Crippen LogP contribution in [0.4, 0.5) is 0 Å². The smallest absolute Gasteiger partial charge is 0.339 e.